The minimum absolute atomic E-state index is 0. The van der Waals surface area contributed by atoms with E-state index in [0.717, 1.165) is 24.4 Å². The second-order valence-corrected chi connectivity index (χ2v) is 7.59. The lowest BCUT2D eigenvalue weighted by atomic mass is 9.95. The molecule has 1 aliphatic rings. The van der Waals surface area contributed by atoms with Gasteiger partial charge in [-0.25, -0.2) is 4.98 Å². The SMILES string of the molecule is Cl.c1ccc(-c2cn3c4ccccc4nc3n2CCNC2CCCCC2)cc1. The third-order valence-electron chi connectivity index (χ3n) is 5.80. The van der Waals surface area contributed by atoms with Crippen LogP contribution in [0.3, 0.4) is 0 Å². The van der Waals surface area contributed by atoms with Gasteiger partial charge in [0.25, 0.3) is 0 Å². The van der Waals surface area contributed by atoms with E-state index in [-0.39, 0.29) is 12.4 Å². The number of nitrogens with zero attached hydrogens (tertiary/aromatic N) is 3. The molecule has 5 heteroatoms. The molecule has 1 N–H and O–H groups in total. The minimum Gasteiger partial charge on any atom is -0.312 e. The first-order valence-electron chi connectivity index (χ1n) is 10.2. The molecule has 1 fully saturated rings. The van der Waals surface area contributed by atoms with Crippen molar-refractivity contribution in [2.45, 2.75) is 44.7 Å². The van der Waals surface area contributed by atoms with Gasteiger partial charge in [0.15, 0.2) is 0 Å². The highest BCUT2D eigenvalue weighted by atomic mass is 35.5. The van der Waals surface area contributed by atoms with Crippen molar-refractivity contribution >= 4 is 29.2 Å². The van der Waals surface area contributed by atoms with Crippen molar-refractivity contribution in [3.63, 3.8) is 0 Å². The normalized spacial score (nSPS) is 15.1. The van der Waals surface area contributed by atoms with Crippen molar-refractivity contribution in [2.75, 3.05) is 6.54 Å². The average Bonchev–Trinajstić information content (AvgIpc) is 3.26. The summed E-state index contributed by atoms with van der Waals surface area (Å²) in [6.45, 7) is 1.92. The quantitative estimate of drug-likeness (QED) is 0.498. The fourth-order valence-corrected chi connectivity index (χ4v) is 4.40. The van der Waals surface area contributed by atoms with Gasteiger partial charge >= 0.3 is 0 Å². The van der Waals surface area contributed by atoms with Gasteiger partial charge in [-0.05, 0) is 30.5 Å². The zero-order valence-corrected chi connectivity index (χ0v) is 16.9. The Hall–Kier alpha value is -2.30. The van der Waals surface area contributed by atoms with Crippen LogP contribution in [0.5, 0.6) is 0 Å². The van der Waals surface area contributed by atoms with Crippen LogP contribution in [-0.4, -0.2) is 26.5 Å². The fraction of sp³-hybridized carbons (Fsp3) is 0.348. The molecular weight excluding hydrogens is 368 g/mol. The van der Waals surface area contributed by atoms with Crippen molar-refractivity contribution < 1.29 is 0 Å². The molecule has 0 spiro atoms. The van der Waals surface area contributed by atoms with Gasteiger partial charge in [0, 0.05) is 25.3 Å². The van der Waals surface area contributed by atoms with E-state index in [0.29, 0.717) is 6.04 Å². The van der Waals surface area contributed by atoms with Crippen molar-refractivity contribution in [3.05, 3.63) is 60.8 Å². The van der Waals surface area contributed by atoms with Crippen molar-refractivity contribution in [1.82, 2.24) is 19.3 Å². The molecule has 0 atom stereocenters. The minimum atomic E-state index is 0. The summed E-state index contributed by atoms with van der Waals surface area (Å²) in [6, 6.07) is 19.7. The Bertz CT molecular complexity index is 1040. The molecular formula is C23H27ClN4. The molecule has 4 nitrogen and oxygen atoms in total. The number of para-hydroxylation sites is 2. The second kappa shape index (κ2) is 8.38. The van der Waals surface area contributed by atoms with Crippen LogP contribution in [0.15, 0.2) is 60.8 Å². The van der Waals surface area contributed by atoms with E-state index in [9.17, 15) is 0 Å². The first-order valence-corrected chi connectivity index (χ1v) is 10.2. The Morgan fingerprint density at radius 3 is 2.50 bits per heavy atom. The zero-order chi connectivity index (χ0) is 18.1. The largest absolute Gasteiger partial charge is 0.312 e. The number of hydrogen-bond acceptors (Lipinski definition) is 2. The van der Waals surface area contributed by atoms with Crippen LogP contribution in [0.1, 0.15) is 32.1 Å². The molecule has 4 aromatic rings. The van der Waals surface area contributed by atoms with E-state index in [2.05, 4.69) is 75.1 Å². The van der Waals surface area contributed by atoms with Crippen molar-refractivity contribution in [1.29, 1.82) is 0 Å². The summed E-state index contributed by atoms with van der Waals surface area (Å²) in [4.78, 5) is 4.92. The third-order valence-corrected chi connectivity index (χ3v) is 5.80. The van der Waals surface area contributed by atoms with Gasteiger partial charge in [-0.1, -0.05) is 61.7 Å². The van der Waals surface area contributed by atoms with E-state index in [4.69, 9.17) is 4.98 Å². The Morgan fingerprint density at radius 2 is 1.68 bits per heavy atom. The molecule has 146 valence electrons. The van der Waals surface area contributed by atoms with Gasteiger partial charge < -0.3 is 9.88 Å². The smallest absolute Gasteiger partial charge is 0.215 e. The number of nitrogens with one attached hydrogen (secondary N) is 1. The first kappa shape index (κ1) is 19.0. The van der Waals surface area contributed by atoms with Crippen LogP contribution in [-0.2, 0) is 6.54 Å². The standard InChI is InChI=1S/C23H26N4.ClH/c1-3-9-18(10-4-1)22-17-27-21-14-8-7-13-20(21)25-23(27)26(22)16-15-24-19-11-5-2-6-12-19;/h1,3-4,7-10,13-14,17,19,24H,2,5-6,11-12,15-16H2;1H. The molecule has 0 unspecified atom stereocenters. The predicted molar refractivity (Wildman–Crippen MR) is 118 cm³/mol. The summed E-state index contributed by atoms with van der Waals surface area (Å²) in [7, 11) is 0. The number of halogens is 1. The molecule has 2 aromatic carbocycles. The molecule has 1 aliphatic carbocycles. The van der Waals surface area contributed by atoms with Crippen LogP contribution in [0.25, 0.3) is 28.1 Å². The van der Waals surface area contributed by atoms with Crippen LogP contribution in [0, 0.1) is 0 Å². The molecule has 0 aliphatic heterocycles. The van der Waals surface area contributed by atoms with Gasteiger partial charge in [0.1, 0.15) is 0 Å². The number of fused-ring (bicyclic) bond motifs is 3. The number of benzene rings is 2. The summed E-state index contributed by atoms with van der Waals surface area (Å²) < 4.78 is 4.60. The van der Waals surface area contributed by atoms with E-state index < -0.39 is 0 Å². The summed E-state index contributed by atoms with van der Waals surface area (Å²) in [6.07, 6.45) is 9.01. The van der Waals surface area contributed by atoms with Gasteiger partial charge in [0.2, 0.25) is 5.78 Å². The van der Waals surface area contributed by atoms with Gasteiger partial charge in [-0.2, -0.15) is 0 Å². The van der Waals surface area contributed by atoms with E-state index in [1.165, 1.54) is 48.9 Å². The second-order valence-electron chi connectivity index (χ2n) is 7.59. The Balaban J connectivity index is 0.00000192. The lowest BCUT2D eigenvalue weighted by molar-refractivity contribution is 0.369. The molecule has 28 heavy (non-hydrogen) atoms. The zero-order valence-electron chi connectivity index (χ0n) is 16.1. The lowest BCUT2D eigenvalue weighted by Gasteiger charge is -2.23. The third kappa shape index (κ3) is 3.54. The summed E-state index contributed by atoms with van der Waals surface area (Å²) in [5.74, 6) is 1.03. The summed E-state index contributed by atoms with van der Waals surface area (Å²) >= 11 is 0. The Kier molecular flexibility index (Phi) is 5.69. The van der Waals surface area contributed by atoms with Crippen molar-refractivity contribution in [3.8, 4) is 11.3 Å². The number of rotatable bonds is 5. The maximum Gasteiger partial charge on any atom is 0.215 e. The molecule has 2 heterocycles. The molecule has 5 rings (SSSR count). The molecule has 0 radical (unpaired) electrons. The molecule has 0 amide bonds. The number of hydrogen-bond donors (Lipinski definition) is 1. The monoisotopic (exact) mass is 394 g/mol. The highest BCUT2D eigenvalue weighted by Crippen LogP contribution is 2.26. The Morgan fingerprint density at radius 1 is 0.929 bits per heavy atom. The predicted octanol–water partition coefficient (Wildman–Crippen LogP) is 5.30. The topological polar surface area (TPSA) is 34.3 Å². The van der Waals surface area contributed by atoms with Gasteiger partial charge in [-0.15, -0.1) is 12.4 Å². The Labute approximate surface area is 172 Å². The highest BCUT2D eigenvalue weighted by Gasteiger charge is 2.16. The molecule has 2 aromatic heterocycles. The fourth-order valence-electron chi connectivity index (χ4n) is 4.40. The van der Waals surface area contributed by atoms with Gasteiger partial charge in [-0.3, -0.25) is 4.40 Å². The molecule has 0 saturated heterocycles. The lowest BCUT2D eigenvalue weighted by Crippen LogP contribution is -2.33. The van der Waals surface area contributed by atoms with Crippen LogP contribution in [0.4, 0.5) is 0 Å². The van der Waals surface area contributed by atoms with E-state index >= 15 is 0 Å². The van der Waals surface area contributed by atoms with E-state index in [1.807, 2.05) is 0 Å². The summed E-state index contributed by atoms with van der Waals surface area (Å²) in [5.41, 5.74) is 4.70. The molecule has 1 saturated carbocycles. The number of imidazole rings is 2. The maximum atomic E-state index is 4.92. The maximum absolute atomic E-state index is 4.92. The van der Waals surface area contributed by atoms with Crippen molar-refractivity contribution in [2.24, 2.45) is 0 Å². The van der Waals surface area contributed by atoms with Crippen LogP contribution in [0.2, 0.25) is 0 Å². The highest BCUT2D eigenvalue weighted by molar-refractivity contribution is 5.85. The number of aromatic nitrogens is 3. The van der Waals surface area contributed by atoms with Crippen LogP contribution >= 0.6 is 12.4 Å². The average molecular weight is 395 g/mol. The molecule has 0 bridgehead atoms. The van der Waals surface area contributed by atoms with Gasteiger partial charge in [0.05, 0.1) is 16.7 Å². The first-order chi connectivity index (χ1) is 13.4. The van der Waals surface area contributed by atoms with E-state index in [1.54, 1.807) is 0 Å². The summed E-state index contributed by atoms with van der Waals surface area (Å²) in [5, 5.41) is 3.78. The van der Waals surface area contributed by atoms with Crippen LogP contribution < -0.4 is 5.32 Å².